The first kappa shape index (κ1) is 35.7. The summed E-state index contributed by atoms with van der Waals surface area (Å²) >= 11 is 0. The Morgan fingerprint density at radius 2 is 1.58 bits per heavy atom. The molecule has 0 bridgehead atoms. The molecule has 11 heteroatoms. The normalized spacial score (nSPS) is 11.4. The van der Waals surface area contributed by atoms with E-state index >= 15 is 0 Å². The van der Waals surface area contributed by atoms with Crippen LogP contribution in [0, 0.1) is 0 Å². The molecule has 0 fully saturated rings. The lowest BCUT2D eigenvalue weighted by molar-refractivity contribution is -0.189. The van der Waals surface area contributed by atoms with Gasteiger partial charge in [0, 0.05) is 31.3 Å². The van der Waals surface area contributed by atoms with Gasteiger partial charge in [-0.3, -0.25) is 9.59 Å². The molecule has 4 aromatic rings. The highest BCUT2D eigenvalue weighted by atomic mass is 19.4. The van der Waals surface area contributed by atoms with Crippen LogP contribution in [0.5, 0.6) is 5.75 Å². The first-order valence-electron chi connectivity index (χ1n) is 15.7. The summed E-state index contributed by atoms with van der Waals surface area (Å²) in [5.74, 6) is -2.41. The van der Waals surface area contributed by atoms with E-state index in [0.29, 0.717) is 30.8 Å². The molecule has 1 aromatic heterocycles. The van der Waals surface area contributed by atoms with Gasteiger partial charge in [0.05, 0.1) is 6.26 Å². The fraction of sp³-hybridized carbons (Fsp3) is 0.270. The number of nitrogens with two attached hydrogens (primary N) is 1. The van der Waals surface area contributed by atoms with E-state index in [-0.39, 0.29) is 30.7 Å². The van der Waals surface area contributed by atoms with Crippen molar-refractivity contribution < 1.29 is 36.7 Å². The second kappa shape index (κ2) is 17.7. The van der Waals surface area contributed by atoms with E-state index in [9.17, 15) is 27.6 Å². The third-order valence-corrected chi connectivity index (χ3v) is 7.46. The molecule has 0 unspecified atom stereocenters. The molecule has 0 aliphatic rings. The van der Waals surface area contributed by atoms with Crippen LogP contribution in [-0.4, -0.2) is 48.5 Å². The van der Waals surface area contributed by atoms with Gasteiger partial charge in [-0.05, 0) is 96.6 Å². The Kier molecular flexibility index (Phi) is 13.1. The van der Waals surface area contributed by atoms with Crippen molar-refractivity contribution in [3.63, 3.8) is 0 Å². The van der Waals surface area contributed by atoms with Gasteiger partial charge in [0.2, 0.25) is 5.91 Å². The molecule has 3 aromatic carbocycles. The molecule has 0 aliphatic carbocycles. The number of benzene rings is 3. The van der Waals surface area contributed by atoms with Crippen LogP contribution in [-0.2, 0) is 22.6 Å². The van der Waals surface area contributed by atoms with Gasteiger partial charge >= 0.3 is 12.1 Å². The summed E-state index contributed by atoms with van der Waals surface area (Å²) in [7, 11) is 0. The molecule has 0 spiro atoms. The number of hydrogen-bond donors (Lipinski definition) is 2. The first-order valence-corrected chi connectivity index (χ1v) is 15.7. The zero-order chi connectivity index (χ0) is 34.4. The Labute approximate surface area is 277 Å². The van der Waals surface area contributed by atoms with Gasteiger partial charge in [-0.2, -0.15) is 13.2 Å². The molecule has 8 nitrogen and oxygen atoms in total. The number of ether oxygens (including phenoxy) is 1. The van der Waals surface area contributed by atoms with Crippen LogP contribution in [0.4, 0.5) is 13.2 Å². The molecule has 1 heterocycles. The number of unbranched alkanes of at least 4 members (excludes halogenated alkanes) is 3. The lowest BCUT2D eigenvalue weighted by atomic mass is 10.0. The quantitative estimate of drug-likeness (QED) is 0.0582. The summed E-state index contributed by atoms with van der Waals surface area (Å²) in [6.45, 7) is 1.82. The minimum atomic E-state index is -5.10. The zero-order valence-corrected chi connectivity index (χ0v) is 26.4. The third kappa shape index (κ3) is 11.3. The second-order valence-corrected chi connectivity index (χ2v) is 11.1. The fourth-order valence-electron chi connectivity index (χ4n) is 4.90. The SMILES string of the molecule is NCCCCCCNC(=O)c1cccc(-c2cccc(CN(CCc3ccc(OC(=O)C(F)(F)F)cc3)C(=O)/C=C/c3ccco3)c2)c1. The largest absolute Gasteiger partial charge is 0.491 e. The summed E-state index contributed by atoms with van der Waals surface area (Å²) in [5, 5.41) is 2.98. The molecule has 4 rings (SSSR count). The molecule has 0 saturated carbocycles. The summed E-state index contributed by atoms with van der Waals surface area (Å²) in [6.07, 6.45) is 3.72. The highest BCUT2D eigenvalue weighted by Crippen LogP contribution is 2.24. The number of alkyl halides is 3. The minimum absolute atomic E-state index is 0.140. The summed E-state index contributed by atoms with van der Waals surface area (Å²) in [4.78, 5) is 38.9. The van der Waals surface area contributed by atoms with Gasteiger partial charge in [0.1, 0.15) is 11.5 Å². The van der Waals surface area contributed by atoms with E-state index in [1.165, 1.54) is 24.5 Å². The van der Waals surface area contributed by atoms with Gasteiger partial charge in [0.25, 0.3) is 5.91 Å². The van der Waals surface area contributed by atoms with Crippen LogP contribution in [0.15, 0.2) is 102 Å². The van der Waals surface area contributed by atoms with Crippen molar-refractivity contribution >= 4 is 23.9 Å². The molecule has 48 heavy (non-hydrogen) atoms. The maximum Gasteiger partial charge on any atom is 0.491 e. The minimum Gasteiger partial charge on any atom is -0.465 e. The van der Waals surface area contributed by atoms with Crippen LogP contribution in [0.3, 0.4) is 0 Å². The average Bonchev–Trinajstić information content (AvgIpc) is 3.61. The zero-order valence-electron chi connectivity index (χ0n) is 26.4. The number of carbonyl (C=O) groups is 3. The average molecular weight is 662 g/mol. The first-order chi connectivity index (χ1) is 23.1. The van der Waals surface area contributed by atoms with Crippen LogP contribution >= 0.6 is 0 Å². The Morgan fingerprint density at radius 3 is 2.29 bits per heavy atom. The summed E-state index contributed by atoms with van der Waals surface area (Å²) < 4.78 is 47.3. The van der Waals surface area contributed by atoms with Gasteiger partial charge in [-0.1, -0.05) is 55.3 Å². The van der Waals surface area contributed by atoms with Gasteiger partial charge < -0.3 is 25.1 Å². The molecule has 0 radical (unpaired) electrons. The van der Waals surface area contributed by atoms with Crippen molar-refractivity contribution in [1.29, 1.82) is 0 Å². The highest BCUT2D eigenvalue weighted by Gasteiger charge is 2.41. The van der Waals surface area contributed by atoms with Crippen LogP contribution in [0.1, 0.15) is 52.9 Å². The Balaban J connectivity index is 1.45. The molecular formula is C37H38F3N3O5. The fourth-order valence-corrected chi connectivity index (χ4v) is 4.90. The number of carbonyl (C=O) groups excluding carboxylic acids is 3. The molecule has 0 atom stereocenters. The highest BCUT2D eigenvalue weighted by molar-refractivity contribution is 5.95. The standard InChI is InChI=1S/C37H38F3N3O5/c38-37(39,40)36(46)48-33-15-13-27(14-16-33)19-22-43(34(44)18-17-32-12-7-23-47-32)26-28-8-5-9-29(24-28)30-10-6-11-31(25-30)35(45)42-21-4-2-1-3-20-41/h5-18,23-25H,1-4,19-22,26,41H2,(H,42,45)/b18-17+. The predicted molar refractivity (Wildman–Crippen MR) is 177 cm³/mol. The molecule has 252 valence electrons. The number of rotatable bonds is 16. The van der Waals surface area contributed by atoms with E-state index in [0.717, 1.165) is 47.9 Å². The lowest BCUT2D eigenvalue weighted by Gasteiger charge is -2.22. The van der Waals surface area contributed by atoms with Gasteiger partial charge in [-0.15, -0.1) is 0 Å². The van der Waals surface area contributed by atoms with Crippen molar-refractivity contribution in [2.75, 3.05) is 19.6 Å². The topological polar surface area (TPSA) is 115 Å². The van der Waals surface area contributed by atoms with Crippen molar-refractivity contribution in [3.8, 4) is 16.9 Å². The molecule has 2 amide bonds. The predicted octanol–water partition coefficient (Wildman–Crippen LogP) is 6.95. The molecular weight excluding hydrogens is 623 g/mol. The maximum absolute atomic E-state index is 13.4. The van der Waals surface area contributed by atoms with E-state index in [1.807, 2.05) is 42.5 Å². The van der Waals surface area contributed by atoms with Crippen molar-refractivity contribution in [3.05, 3.63) is 120 Å². The smallest absolute Gasteiger partial charge is 0.465 e. The van der Waals surface area contributed by atoms with Gasteiger partial charge in [-0.25, -0.2) is 4.79 Å². The van der Waals surface area contributed by atoms with Crippen LogP contribution in [0.25, 0.3) is 17.2 Å². The van der Waals surface area contributed by atoms with Crippen molar-refractivity contribution in [1.82, 2.24) is 10.2 Å². The summed E-state index contributed by atoms with van der Waals surface area (Å²) in [5.41, 5.74) is 9.41. The van der Waals surface area contributed by atoms with E-state index in [2.05, 4.69) is 10.1 Å². The number of hydrogen-bond acceptors (Lipinski definition) is 6. The number of esters is 1. The maximum atomic E-state index is 13.4. The van der Waals surface area contributed by atoms with E-state index in [4.69, 9.17) is 10.2 Å². The second-order valence-electron chi connectivity index (χ2n) is 11.1. The van der Waals surface area contributed by atoms with Crippen molar-refractivity contribution in [2.45, 2.75) is 44.8 Å². The van der Waals surface area contributed by atoms with Crippen molar-refractivity contribution in [2.24, 2.45) is 5.73 Å². The third-order valence-electron chi connectivity index (χ3n) is 7.46. The van der Waals surface area contributed by atoms with Gasteiger partial charge in [0.15, 0.2) is 0 Å². The number of nitrogens with one attached hydrogen (secondary N) is 1. The number of furan rings is 1. The number of halogens is 3. The number of amides is 2. The lowest BCUT2D eigenvalue weighted by Crippen LogP contribution is -2.31. The Morgan fingerprint density at radius 1 is 0.854 bits per heavy atom. The van der Waals surface area contributed by atoms with E-state index in [1.54, 1.807) is 41.3 Å². The molecule has 0 saturated heterocycles. The Hall–Kier alpha value is -5.16. The van der Waals surface area contributed by atoms with E-state index < -0.39 is 12.1 Å². The number of nitrogens with zero attached hydrogens (tertiary/aromatic N) is 1. The monoisotopic (exact) mass is 661 g/mol. The van der Waals surface area contributed by atoms with Crippen LogP contribution in [0.2, 0.25) is 0 Å². The summed E-state index contributed by atoms with van der Waals surface area (Å²) in [6, 6.07) is 24.2. The Bertz CT molecular complexity index is 1670. The van der Waals surface area contributed by atoms with Crippen LogP contribution < -0.4 is 15.8 Å². The molecule has 3 N–H and O–H groups in total. The molecule has 0 aliphatic heterocycles.